The summed E-state index contributed by atoms with van der Waals surface area (Å²) in [4.78, 5) is 0. The molecule has 3 atom stereocenters. The predicted octanol–water partition coefficient (Wildman–Crippen LogP) is 5.98. The number of hydrogen-bond donors (Lipinski definition) is 2. The first-order chi connectivity index (χ1) is 14.1. The van der Waals surface area contributed by atoms with E-state index in [4.69, 9.17) is 9.84 Å². The number of fused-ring (bicyclic) bond motifs is 1. The lowest BCUT2D eigenvalue weighted by Gasteiger charge is -2.39. The van der Waals surface area contributed by atoms with E-state index in [2.05, 4.69) is 84.1 Å². The molecule has 0 aromatic rings. The van der Waals surface area contributed by atoms with Crippen molar-refractivity contribution in [3.63, 3.8) is 0 Å². The van der Waals surface area contributed by atoms with Crippen LogP contribution in [-0.4, -0.2) is 34.1 Å². The first-order valence-corrected chi connectivity index (χ1v) is 11.1. The maximum Gasteiger partial charge on any atom is 0.121 e. The van der Waals surface area contributed by atoms with E-state index in [1.165, 1.54) is 16.7 Å². The molecule has 0 aromatic heterocycles. The minimum Gasteiger partial charge on any atom is -0.396 e. The number of allylic oxidation sites excluding steroid dienone is 11. The van der Waals surface area contributed by atoms with Gasteiger partial charge in [-0.3, -0.25) is 0 Å². The molecule has 3 unspecified atom stereocenters. The van der Waals surface area contributed by atoms with Gasteiger partial charge in [-0.05, 0) is 53.0 Å². The summed E-state index contributed by atoms with van der Waals surface area (Å²) in [5.41, 5.74) is 3.02. The molecule has 0 radical (unpaired) electrons. The summed E-state index contributed by atoms with van der Waals surface area (Å²) in [7, 11) is 0. The van der Waals surface area contributed by atoms with Crippen molar-refractivity contribution in [3.8, 4) is 0 Å². The summed E-state index contributed by atoms with van der Waals surface area (Å²) >= 11 is 0. The Morgan fingerprint density at radius 1 is 0.933 bits per heavy atom. The Kier molecular flexibility index (Phi) is 8.27. The molecule has 2 fully saturated rings. The zero-order valence-corrected chi connectivity index (χ0v) is 19.6. The molecule has 1 saturated heterocycles. The molecular formula is C27H40O3. The van der Waals surface area contributed by atoms with Gasteiger partial charge in [0.15, 0.2) is 0 Å². The summed E-state index contributed by atoms with van der Waals surface area (Å²) in [6.07, 6.45) is 21.8. The quantitative estimate of drug-likeness (QED) is 0.362. The van der Waals surface area contributed by atoms with Crippen LogP contribution in [0, 0.1) is 5.41 Å². The van der Waals surface area contributed by atoms with Crippen LogP contribution < -0.4 is 0 Å². The number of ether oxygens (including phenoxy) is 1. The molecule has 166 valence electrons. The molecule has 0 aromatic carbocycles. The second-order valence-corrected chi connectivity index (χ2v) is 9.75. The minimum absolute atomic E-state index is 0.0808. The van der Waals surface area contributed by atoms with E-state index < -0.39 is 0 Å². The monoisotopic (exact) mass is 412 g/mol. The first kappa shape index (κ1) is 24.6. The van der Waals surface area contributed by atoms with E-state index in [-0.39, 0.29) is 29.3 Å². The van der Waals surface area contributed by atoms with Crippen molar-refractivity contribution in [3.05, 3.63) is 71.4 Å². The SMILES string of the molecule is CC(/C=C\C12OC1(C)CC(O)CC2(C)C)=C\C=C\C(C)=C\C=C\C=C(/C)CCCO. The largest absolute Gasteiger partial charge is 0.396 e. The van der Waals surface area contributed by atoms with Gasteiger partial charge >= 0.3 is 0 Å². The summed E-state index contributed by atoms with van der Waals surface area (Å²) in [5, 5.41) is 19.0. The third-order valence-electron chi connectivity index (χ3n) is 6.39. The predicted molar refractivity (Wildman–Crippen MR) is 126 cm³/mol. The van der Waals surface area contributed by atoms with E-state index in [9.17, 15) is 5.11 Å². The lowest BCUT2D eigenvalue weighted by molar-refractivity contribution is 0.0515. The van der Waals surface area contributed by atoms with Crippen molar-refractivity contribution in [1.82, 2.24) is 0 Å². The van der Waals surface area contributed by atoms with Crippen LogP contribution in [0.15, 0.2) is 71.4 Å². The van der Waals surface area contributed by atoms with Gasteiger partial charge in [0.2, 0.25) is 0 Å². The van der Waals surface area contributed by atoms with E-state index in [0.717, 1.165) is 19.3 Å². The van der Waals surface area contributed by atoms with Crippen molar-refractivity contribution in [2.45, 2.75) is 84.5 Å². The van der Waals surface area contributed by atoms with Gasteiger partial charge in [-0.1, -0.05) is 79.2 Å². The summed E-state index contributed by atoms with van der Waals surface area (Å²) < 4.78 is 6.20. The van der Waals surface area contributed by atoms with Crippen LogP contribution in [0.25, 0.3) is 0 Å². The summed E-state index contributed by atoms with van der Waals surface area (Å²) in [6.45, 7) is 13.0. The lowest BCUT2D eigenvalue weighted by Crippen LogP contribution is -2.46. The molecular weight excluding hydrogens is 372 g/mol. The summed E-state index contributed by atoms with van der Waals surface area (Å²) in [5.74, 6) is 0. The molecule has 1 heterocycles. The van der Waals surface area contributed by atoms with Gasteiger partial charge in [-0.25, -0.2) is 0 Å². The van der Waals surface area contributed by atoms with Gasteiger partial charge < -0.3 is 14.9 Å². The molecule has 3 nitrogen and oxygen atoms in total. The van der Waals surface area contributed by atoms with E-state index in [1.54, 1.807) is 0 Å². The van der Waals surface area contributed by atoms with E-state index >= 15 is 0 Å². The third-order valence-corrected chi connectivity index (χ3v) is 6.39. The van der Waals surface area contributed by atoms with Gasteiger partial charge in [0, 0.05) is 18.4 Å². The fourth-order valence-corrected chi connectivity index (χ4v) is 4.66. The smallest absolute Gasteiger partial charge is 0.121 e. The fraction of sp³-hybridized carbons (Fsp3) is 0.556. The second-order valence-electron chi connectivity index (χ2n) is 9.75. The van der Waals surface area contributed by atoms with Crippen LogP contribution in [0.1, 0.15) is 67.2 Å². The normalized spacial score (nSPS) is 32.4. The van der Waals surface area contributed by atoms with Gasteiger partial charge in [-0.2, -0.15) is 0 Å². The van der Waals surface area contributed by atoms with Gasteiger partial charge in [0.05, 0.1) is 6.10 Å². The number of rotatable bonds is 9. The number of aliphatic hydroxyl groups is 2. The Morgan fingerprint density at radius 2 is 1.57 bits per heavy atom. The van der Waals surface area contributed by atoms with Gasteiger partial charge in [0.1, 0.15) is 11.2 Å². The molecule has 2 aliphatic rings. The molecule has 1 aliphatic heterocycles. The molecule has 0 amide bonds. The van der Waals surface area contributed by atoms with E-state index in [1.807, 2.05) is 12.2 Å². The Labute approximate surface area is 183 Å². The van der Waals surface area contributed by atoms with Crippen molar-refractivity contribution in [1.29, 1.82) is 0 Å². The average molecular weight is 413 g/mol. The highest BCUT2D eigenvalue weighted by Crippen LogP contribution is 2.66. The van der Waals surface area contributed by atoms with Gasteiger partial charge in [0.25, 0.3) is 0 Å². The van der Waals surface area contributed by atoms with Crippen LogP contribution in [0.3, 0.4) is 0 Å². The maximum absolute atomic E-state index is 10.2. The van der Waals surface area contributed by atoms with Gasteiger partial charge in [-0.15, -0.1) is 0 Å². The van der Waals surface area contributed by atoms with E-state index in [0.29, 0.717) is 6.42 Å². The highest BCUT2D eigenvalue weighted by Gasteiger charge is 2.74. The van der Waals surface area contributed by atoms with Crippen molar-refractivity contribution in [2.24, 2.45) is 5.41 Å². The molecule has 0 spiro atoms. The molecule has 0 bridgehead atoms. The van der Waals surface area contributed by atoms with Crippen LogP contribution in [0.2, 0.25) is 0 Å². The average Bonchev–Trinajstić information content (AvgIpc) is 3.27. The maximum atomic E-state index is 10.2. The zero-order chi connectivity index (χ0) is 22.4. The molecule has 30 heavy (non-hydrogen) atoms. The highest BCUT2D eigenvalue weighted by molar-refractivity contribution is 5.36. The molecule has 2 N–H and O–H groups in total. The Balaban J connectivity index is 1.93. The Bertz CT molecular complexity index is 778. The second kappa shape index (κ2) is 10.1. The Hall–Kier alpha value is -1.68. The standard InChI is InChI=1S/C27H40O3/c1-21(11-7-8-12-22(2)15-10-18-28)13-9-14-23(3)16-17-27-25(4,5)19-24(29)20-26(27,6)30-27/h7-9,11-14,16-17,24,28-29H,10,15,18-20H2,1-6H3/b8-7+,13-9+,17-16-,21-11+,22-12+,23-14+. The van der Waals surface area contributed by atoms with Crippen LogP contribution in [0.4, 0.5) is 0 Å². The Morgan fingerprint density at radius 3 is 2.23 bits per heavy atom. The number of hydrogen-bond acceptors (Lipinski definition) is 3. The summed E-state index contributed by atoms with van der Waals surface area (Å²) in [6, 6.07) is 0. The van der Waals surface area contributed by atoms with Crippen molar-refractivity contribution < 1.29 is 14.9 Å². The zero-order valence-electron chi connectivity index (χ0n) is 19.6. The van der Waals surface area contributed by atoms with Crippen molar-refractivity contribution in [2.75, 3.05) is 6.61 Å². The van der Waals surface area contributed by atoms with Crippen LogP contribution in [-0.2, 0) is 4.74 Å². The number of aliphatic hydroxyl groups excluding tert-OH is 2. The first-order valence-electron chi connectivity index (χ1n) is 11.1. The topological polar surface area (TPSA) is 53.0 Å². The number of epoxide rings is 1. The fourth-order valence-electron chi connectivity index (χ4n) is 4.66. The van der Waals surface area contributed by atoms with Crippen molar-refractivity contribution >= 4 is 0 Å². The molecule has 1 saturated carbocycles. The molecule has 3 heteroatoms. The van der Waals surface area contributed by atoms with Crippen LogP contribution >= 0.6 is 0 Å². The lowest BCUT2D eigenvalue weighted by atomic mass is 9.63. The molecule has 1 aliphatic carbocycles. The highest BCUT2D eigenvalue weighted by atomic mass is 16.6. The molecule has 2 rings (SSSR count). The van der Waals surface area contributed by atoms with Crippen LogP contribution in [0.5, 0.6) is 0 Å². The third kappa shape index (κ3) is 5.94. The minimum atomic E-state index is -0.280.